The summed E-state index contributed by atoms with van der Waals surface area (Å²) in [5.41, 5.74) is 2.99. The molecule has 0 aliphatic carbocycles. The van der Waals surface area contributed by atoms with E-state index in [9.17, 15) is 4.79 Å². The lowest BCUT2D eigenvalue weighted by atomic mass is 10.2. The van der Waals surface area contributed by atoms with Gasteiger partial charge in [-0.1, -0.05) is 18.2 Å². The zero-order valence-electron chi connectivity index (χ0n) is 12.5. The molecule has 0 saturated carbocycles. The largest absolute Gasteiger partial charge is 0.494 e. The van der Waals surface area contributed by atoms with Crippen LogP contribution in [0.2, 0.25) is 0 Å². The van der Waals surface area contributed by atoms with Gasteiger partial charge in [-0.05, 0) is 32.4 Å². The second-order valence-electron chi connectivity index (χ2n) is 4.95. The van der Waals surface area contributed by atoms with Crippen molar-refractivity contribution in [1.82, 2.24) is 15.5 Å². The minimum atomic E-state index is 0.0339. The topological polar surface area (TPSA) is 67.0 Å². The van der Waals surface area contributed by atoms with Crippen LogP contribution in [0.15, 0.2) is 30.3 Å². The van der Waals surface area contributed by atoms with Gasteiger partial charge in [0, 0.05) is 24.2 Å². The SMILES string of the molecule is Cc1n[nH]c(C)c1CNC(=O)CCCOc1ccccc1. The number of hydrogen-bond acceptors (Lipinski definition) is 3. The summed E-state index contributed by atoms with van der Waals surface area (Å²) in [6, 6.07) is 9.62. The van der Waals surface area contributed by atoms with Crippen molar-refractivity contribution >= 4 is 5.91 Å². The molecular formula is C16H21N3O2. The molecule has 112 valence electrons. The van der Waals surface area contributed by atoms with Crippen molar-refractivity contribution in [3.63, 3.8) is 0 Å². The molecule has 0 unspecified atom stereocenters. The maximum atomic E-state index is 11.8. The Balaban J connectivity index is 1.64. The van der Waals surface area contributed by atoms with Gasteiger partial charge in [-0.2, -0.15) is 5.10 Å². The predicted molar refractivity (Wildman–Crippen MR) is 81.1 cm³/mol. The van der Waals surface area contributed by atoms with Gasteiger partial charge in [0.1, 0.15) is 5.75 Å². The molecule has 0 saturated heterocycles. The molecule has 2 N–H and O–H groups in total. The van der Waals surface area contributed by atoms with Crippen LogP contribution >= 0.6 is 0 Å². The smallest absolute Gasteiger partial charge is 0.220 e. The Hall–Kier alpha value is -2.30. The van der Waals surface area contributed by atoms with Crippen molar-refractivity contribution < 1.29 is 9.53 Å². The number of benzene rings is 1. The second kappa shape index (κ2) is 7.47. The molecule has 2 aromatic rings. The van der Waals surface area contributed by atoms with Gasteiger partial charge in [-0.25, -0.2) is 0 Å². The molecule has 0 spiro atoms. The summed E-state index contributed by atoms with van der Waals surface area (Å²) in [4.78, 5) is 11.8. The highest BCUT2D eigenvalue weighted by Crippen LogP contribution is 2.10. The van der Waals surface area contributed by atoms with Gasteiger partial charge < -0.3 is 10.1 Å². The van der Waals surface area contributed by atoms with Crippen molar-refractivity contribution in [1.29, 1.82) is 0 Å². The monoisotopic (exact) mass is 287 g/mol. The summed E-state index contributed by atoms with van der Waals surface area (Å²) >= 11 is 0. The van der Waals surface area contributed by atoms with E-state index in [0.29, 0.717) is 26.0 Å². The van der Waals surface area contributed by atoms with Gasteiger partial charge in [0.2, 0.25) is 5.91 Å². The number of rotatable bonds is 7. The highest BCUT2D eigenvalue weighted by molar-refractivity contribution is 5.75. The van der Waals surface area contributed by atoms with Gasteiger partial charge in [-0.15, -0.1) is 0 Å². The first-order valence-electron chi connectivity index (χ1n) is 7.12. The van der Waals surface area contributed by atoms with Crippen LogP contribution in [0.5, 0.6) is 5.75 Å². The number of aryl methyl sites for hydroxylation is 2. The van der Waals surface area contributed by atoms with Crippen LogP contribution in [0.1, 0.15) is 29.8 Å². The maximum absolute atomic E-state index is 11.8. The van der Waals surface area contributed by atoms with Crippen molar-refractivity contribution in [2.24, 2.45) is 0 Å². The van der Waals surface area contributed by atoms with Crippen LogP contribution < -0.4 is 10.1 Å². The second-order valence-corrected chi connectivity index (χ2v) is 4.95. The summed E-state index contributed by atoms with van der Waals surface area (Å²) < 4.78 is 5.55. The minimum Gasteiger partial charge on any atom is -0.494 e. The zero-order chi connectivity index (χ0) is 15.1. The fourth-order valence-electron chi connectivity index (χ4n) is 2.05. The van der Waals surface area contributed by atoms with E-state index in [2.05, 4.69) is 15.5 Å². The van der Waals surface area contributed by atoms with Crippen LogP contribution in [0.3, 0.4) is 0 Å². The highest BCUT2D eigenvalue weighted by atomic mass is 16.5. The van der Waals surface area contributed by atoms with E-state index in [4.69, 9.17) is 4.74 Å². The molecule has 5 heteroatoms. The Bertz CT molecular complexity index is 559. The van der Waals surface area contributed by atoms with E-state index in [1.165, 1.54) is 0 Å². The van der Waals surface area contributed by atoms with Gasteiger partial charge in [-0.3, -0.25) is 9.89 Å². The Morgan fingerprint density at radius 1 is 1.29 bits per heavy atom. The number of nitrogens with one attached hydrogen (secondary N) is 2. The fraction of sp³-hybridized carbons (Fsp3) is 0.375. The van der Waals surface area contributed by atoms with Crippen molar-refractivity contribution in [3.05, 3.63) is 47.3 Å². The number of nitrogens with zero attached hydrogens (tertiary/aromatic N) is 1. The summed E-state index contributed by atoms with van der Waals surface area (Å²) in [5.74, 6) is 0.870. The number of carbonyl (C=O) groups is 1. The molecule has 1 aromatic heterocycles. The van der Waals surface area contributed by atoms with Crippen molar-refractivity contribution in [2.75, 3.05) is 6.61 Å². The van der Waals surface area contributed by atoms with E-state index < -0.39 is 0 Å². The average molecular weight is 287 g/mol. The Kier molecular flexibility index (Phi) is 5.37. The van der Waals surface area contributed by atoms with E-state index in [0.717, 1.165) is 22.7 Å². The molecule has 1 heterocycles. The predicted octanol–water partition coefficient (Wildman–Crippen LogP) is 2.50. The fourth-order valence-corrected chi connectivity index (χ4v) is 2.05. The normalized spacial score (nSPS) is 10.4. The molecule has 1 amide bonds. The number of amides is 1. The van der Waals surface area contributed by atoms with Crippen LogP contribution in [-0.4, -0.2) is 22.7 Å². The molecule has 0 fully saturated rings. The number of hydrogen-bond donors (Lipinski definition) is 2. The van der Waals surface area contributed by atoms with E-state index in [1.807, 2.05) is 44.2 Å². The summed E-state index contributed by atoms with van der Waals surface area (Å²) in [5, 5.41) is 9.93. The standard InChI is InChI=1S/C16H21N3O2/c1-12-15(13(2)19-18-12)11-17-16(20)9-6-10-21-14-7-4-3-5-8-14/h3-5,7-8H,6,9-11H2,1-2H3,(H,17,20)(H,18,19). The molecule has 5 nitrogen and oxygen atoms in total. The number of aromatic amines is 1. The van der Waals surface area contributed by atoms with Crippen LogP contribution in [0.4, 0.5) is 0 Å². The van der Waals surface area contributed by atoms with E-state index in [1.54, 1.807) is 0 Å². The Morgan fingerprint density at radius 3 is 2.71 bits per heavy atom. The molecular weight excluding hydrogens is 266 g/mol. The third-order valence-corrected chi connectivity index (χ3v) is 3.30. The number of H-pyrrole nitrogens is 1. The molecule has 0 radical (unpaired) electrons. The van der Waals surface area contributed by atoms with Gasteiger partial charge in [0.05, 0.1) is 12.3 Å². The lowest BCUT2D eigenvalue weighted by molar-refractivity contribution is -0.121. The van der Waals surface area contributed by atoms with Crippen LogP contribution in [-0.2, 0) is 11.3 Å². The number of carbonyl (C=O) groups excluding carboxylic acids is 1. The number of ether oxygens (including phenoxy) is 1. The summed E-state index contributed by atoms with van der Waals surface area (Å²) in [6.45, 7) is 4.95. The zero-order valence-corrected chi connectivity index (χ0v) is 12.5. The Morgan fingerprint density at radius 2 is 2.05 bits per heavy atom. The minimum absolute atomic E-state index is 0.0339. The van der Waals surface area contributed by atoms with Crippen LogP contribution in [0.25, 0.3) is 0 Å². The molecule has 1 aromatic carbocycles. The lowest BCUT2D eigenvalue weighted by Gasteiger charge is -2.07. The molecule has 0 aliphatic rings. The number of para-hydroxylation sites is 1. The number of aromatic nitrogens is 2. The first-order chi connectivity index (χ1) is 10.2. The molecule has 0 bridgehead atoms. The van der Waals surface area contributed by atoms with E-state index in [-0.39, 0.29) is 5.91 Å². The first-order valence-corrected chi connectivity index (χ1v) is 7.12. The summed E-state index contributed by atoms with van der Waals surface area (Å²) in [7, 11) is 0. The molecule has 0 atom stereocenters. The van der Waals surface area contributed by atoms with Gasteiger partial charge in [0.25, 0.3) is 0 Å². The highest BCUT2D eigenvalue weighted by Gasteiger charge is 2.08. The average Bonchev–Trinajstić information content (AvgIpc) is 2.81. The summed E-state index contributed by atoms with van der Waals surface area (Å²) in [6.07, 6.45) is 1.16. The third-order valence-electron chi connectivity index (χ3n) is 3.30. The van der Waals surface area contributed by atoms with Gasteiger partial charge >= 0.3 is 0 Å². The third kappa shape index (κ3) is 4.63. The van der Waals surface area contributed by atoms with Crippen molar-refractivity contribution in [3.8, 4) is 5.75 Å². The Labute approximate surface area is 124 Å². The van der Waals surface area contributed by atoms with E-state index >= 15 is 0 Å². The quantitative estimate of drug-likeness (QED) is 0.769. The molecule has 2 rings (SSSR count). The first kappa shape index (κ1) is 15.1. The van der Waals surface area contributed by atoms with Gasteiger partial charge in [0.15, 0.2) is 0 Å². The van der Waals surface area contributed by atoms with Crippen molar-refractivity contribution in [2.45, 2.75) is 33.2 Å². The maximum Gasteiger partial charge on any atom is 0.220 e. The molecule has 21 heavy (non-hydrogen) atoms. The molecule has 0 aliphatic heterocycles. The lowest BCUT2D eigenvalue weighted by Crippen LogP contribution is -2.23. The van der Waals surface area contributed by atoms with Crippen LogP contribution in [0, 0.1) is 13.8 Å².